The Balaban J connectivity index is 4.41. The van der Waals surface area contributed by atoms with Gasteiger partial charge in [-0.2, -0.15) is 0 Å². The van der Waals surface area contributed by atoms with E-state index in [4.69, 9.17) is 14.2 Å². The van der Waals surface area contributed by atoms with Crippen LogP contribution in [0.1, 0.15) is 316 Å². The fourth-order valence-electron chi connectivity index (χ4n) is 9.14. The zero-order chi connectivity index (χ0) is 55.7. The highest BCUT2D eigenvalue weighted by molar-refractivity contribution is 5.71. The van der Waals surface area contributed by atoms with E-state index >= 15 is 0 Å². The summed E-state index contributed by atoms with van der Waals surface area (Å²) in [5, 5.41) is 0. The maximum Gasteiger partial charge on any atom is 0.306 e. The Bertz CT molecular complexity index is 1510. The van der Waals surface area contributed by atoms with Crippen LogP contribution in [0.25, 0.3) is 0 Å². The van der Waals surface area contributed by atoms with Gasteiger partial charge in [0.25, 0.3) is 0 Å². The molecule has 1 atom stereocenters. The van der Waals surface area contributed by atoms with E-state index in [1.807, 2.05) is 0 Å². The van der Waals surface area contributed by atoms with E-state index in [2.05, 4.69) is 118 Å². The first kappa shape index (κ1) is 73.3. The van der Waals surface area contributed by atoms with Gasteiger partial charge in [-0.15, -0.1) is 0 Å². The van der Waals surface area contributed by atoms with Crippen LogP contribution in [0.2, 0.25) is 0 Å². The summed E-state index contributed by atoms with van der Waals surface area (Å²) in [4.78, 5) is 38.4. The Morgan fingerprint density at radius 2 is 0.506 bits per heavy atom. The third-order valence-corrected chi connectivity index (χ3v) is 14.0. The number of ether oxygens (including phenoxy) is 3. The number of carbonyl (C=O) groups excluding carboxylic acids is 3. The number of rotatable bonds is 59. The lowest BCUT2D eigenvalue weighted by Gasteiger charge is -2.18. The first-order valence-corrected chi connectivity index (χ1v) is 32.7. The van der Waals surface area contributed by atoms with E-state index in [-0.39, 0.29) is 31.1 Å². The molecule has 0 aliphatic carbocycles. The number of esters is 3. The summed E-state index contributed by atoms with van der Waals surface area (Å²) < 4.78 is 16.9. The highest BCUT2D eigenvalue weighted by Gasteiger charge is 2.19. The second kappa shape index (κ2) is 64.9. The van der Waals surface area contributed by atoms with Gasteiger partial charge in [-0.1, -0.05) is 272 Å². The fourth-order valence-corrected chi connectivity index (χ4v) is 9.14. The average molecular weight is 1070 g/mol. The van der Waals surface area contributed by atoms with Gasteiger partial charge in [0.2, 0.25) is 0 Å². The summed E-state index contributed by atoms with van der Waals surface area (Å²) in [5.41, 5.74) is 0. The van der Waals surface area contributed by atoms with E-state index in [0.717, 1.165) is 109 Å². The van der Waals surface area contributed by atoms with Crippen molar-refractivity contribution in [2.24, 2.45) is 0 Å². The fraction of sp³-hybridized carbons (Fsp3) is 0.732. The van der Waals surface area contributed by atoms with Crippen molar-refractivity contribution in [1.29, 1.82) is 0 Å². The zero-order valence-corrected chi connectivity index (χ0v) is 50.7. The van der Waals surface area contributed by atoms with Gasteiger partial charge in [0.15, 0.2) is 6.10 Å². The van der Waals surface area contributed by atoms with Gasteiger partial charge in [0.05, 0.1) is 0 Å². The minimum Gasteiger partial charge on any atom is -0.462 e. The second-order valence-electron chi connectivity index (χ2n) is 21.6. The number of hydrogen-bond donors (Lipinski definition) is 0. The predicted molar refractivity (Wildman–Crippen MR) is 334 cm³/mol. The monoisotopic (exact) mass is 1070 g/mol. The molecule has 0 aromatic heterocycles. The number of unbranched alkanes of at least 4 members (excludes halogenated alkanes) is 32. The van der Waals surface area contributed by atoms with Crippen molar-refractivity contribution < 1.29 is 28.6 Å². The summed E-state index contributed by atoms with van der Waals surface area (Å²) in [6.45, 7) is 6.51. The third kappa shape index (κ3) is 63.0. The molecule has 6 nitrogen and oxygen atoms in total. The Labute approximate surface area is 477 Å². The Morgan fingerprint density at radius 3 is 0.831 bits per heavy atom. The normalized spacial score (nSPS) is 12.7. The molecule has 0 saturated heterocycles. The summed E-state index contributed by atoms with van der Waals surface area (Å²) >= 11 is 0. The maximum absolute atomic E-state index is 12.9. The van der Waals surface area contributed by atoms with Gasteiger partial charge < -0.3 is 14.2 Å². The molecule has 0 aromatic rings. The molecule has 442 valence electrons. The summed E-state index contributed by atoms with van der Waals surface area (Å²) in [6.07, 6.45) is 86.9. The molecule has 0 heterocycles. The van der Waals surface area contributed by atoms with Gasteiger partial charge in [0.1, 0.15) is 13.2 Å². The standard InChI is InChI=1S/C71H122O6/c1-4-7-10-13-16-19-22-25-28-31-33-34-35-36-38-40-43-46-49-52-55-58-61-64-70(73)76-67-68(66-75-69(72)63-60-57-54-51-48-45-42-39-30-27-24-21-18-15-12-9-6-3)77-71(74)65-62-59-56-53-50-47-44-41-37-32-29-26-23-20-17-14-11-8-5-2/h7,10,16,18-19,21,25-30,33-34,36,38,68H,4-6,8-9,11-15,17,20,22-24,31-32,35,37,39-67H2,1-3H3/b10-7-,19-16-,21-18-,28-25-,29-26-,30-27-,34-33-,38-36-. The van der Waals surface area contributed by atoms with E-state index in [1.165, 1.54) is 167 Å². The maximum atomic E-state index is 12.9. The van der Waals surface area contributed by atoms with Crippen LogP contribution in [0.3, 0.4) is 0 Å². The molecule has 0 saturated carbocycles. The molecule has 0 bridgehead atoms. The quantitative estimate of drug-likeness (QED) is 0.0261. The van der Waals surface area contributed by atoms with Crippen molar-refractivity contribution >= 4 is 17.9 Å². The topological polar surface area (TPSA) is 78.9 Å². The van der Waals surface area contributed by atoms with Crippen LogP contribution >= 0.6 is 0 Å². The van der Waals surface area contributed by atoms with Crippen LogP contribution < -0.4 is 0 Å². The number of hydrogen-bond acceptors (Lipinski definition) is 6. The van der Waals surface area contributed by atoms with Crippen molar-refractivity contribution in [3.05, 3.63) is 97.2 Å². The van der Waals surface area contributed by atoms with Crippen LogP contribution in [-0.2, 0) is 28.6 Å². The molecule has 77 heavy (non-hydrogen) atoms. The third-order valence-electron chi connectivity index (χ3n) is 14.0. The second-order valence-corrected chi connectivity index (χ2v) is 21.6. The molecule has 0 aromatic carbocycles. The molecule has 0 spiro atoms. The van der Waals surface area contributed by atoms with Crippen LogP contribution in [0.4, 0.5) is 0 Å². The van der Waals surface area contributed by atoms with Crippen molar-refractivity contribution in [3.8, 4) is 0 Å². The summed E-state index contributed by atoms with van der Waals surface area (Å²) in [7, 11) is 0. The smallest absolute Gasteiger partial charge is 0.306 e. The lowest BCUT2D eigenvalue weighted by Crippen LogP contribution is -2.30. The molecule has 0 aliphatic heterocycles. The first-order valence-electron chi connectivity index (χ1n) is 32.7. The summed E-state index contributed by atoms with van der Waals surface area (Å²) in [5.74, 6) is -0.894. The van der Waals surface area contributed by atoms with Crippen molar-refractivity contribution in [1.82, 2.24) is 0 Å². The molecule has 0 fully saturated rings. The van der Waals surface area contributed by atoms with E-state index in [1.54, 1.807) is 0 Å². The van der Waals surface area contributed by atoms with Crippen LogP contribution in [0, 0.1) is 0 Å². The van der Waals surface area contributed by atoms with Gasteiger partial charge in [-0.25, -0.2) is 0 Å². The molecule has 0 aliphatic rings. The molecule has 1 unspecified atom stereocenters. The van der Waals surface area contributed by atoms with Gasteiger partial charge in [0, 0.05) is 19.3 Å². The van der Waals surface area contributed by atoms with Gasteiger partial charge >= 0.3 is 17.9 Å². The van der Waals surface area contributed by atoms with Crippen molar-refractivity contribution in [3.63, 3.8) is 0 Å². The number of carbonyl (C=O) groups is 3. The molecule has 6 heteroatoms. The van der Waals surface area contributed by atoms with Crippen molar-refractivity contribution in [2.45, 2.75) is 322 Å². The Hall–Kier alpha value is -3.67. The van der Waals surface area contributed by atoms with Gasteiger partial charge in [-0.3, -0.25) is 14.4 Å². The van der Waals surface area contributed by atoms with E-state index < -0.39 is 6.10 Å². The lowest BCUT2D eigenvalue weighted by molar-refractivity contribution is -0.167. The predicted octanol–water partition coefficient (Wildman–Crippen LogP) is 22.4. The molecule has 0 rings (SSSR count). The molecular formula is C71H122O6. The van der Waals surface area contributed by atoms with Crippen LogP contribution in [-0.4, -0.2) is 37.2 Å². The largest absolute Gasteiger partial charge is 0.462 e. The summed E-state index contributed by atoms with van der Waals surface area (Å²) in [6, 6.07) is 0. The minimum absolute atomic E-state index is 0.0852. The van der Waals surface area contributed by atoms with Gasteiger partial charge in [-0.05, 0) is 122 Å². The minimum atomic E-state index is -0.789. The lowest BCUT2D eigenvalue weighted by atomic mass is 10.1. The SMILES string of the molecule is CC/C=C\C/C=C\C/C=C\C/C=C\C/C=C\CCCCCCCCCC(=O)OCC(COC(=O)CCCCCCCCC/C=C\C/C=C\CCCCC)OC(=O)CCCCCCCCCCC/C=C\CCCCCCCC. The van der Waals surface area contributed by atoms with Crippen LogP contribution in [0.15, 0.2) is 97.2 Å². The average Bonchev–Trinajstić information content (AvgIpc) is 3.43. The van der Waals surface area contributed by atoms with E-state index in [0.29, 0.717) is 19.3 Å². The number of allylic oxidation sites excluding steroid dienone is 16. The Kier molecular flexibility index (Phi) is 61.8. The molecule has 0 amide bonds. The van der Waals surface area contributed by atoms with E-state index in [9.17, 15) is 14.4 Å². The van der Waals surface area contributed by atoms with Crippen molar-refractivity contribution in [2.75, 3.05) is 13.2 Å². The zero-order valence-electron chi connectivity index (χ0n) is 50.7. The first-order chi connectivity index (χ1) is 38.0. The Morgan fingerprint density at radius 1 is 0.273 bits per heavy atom. The van der Waals surface area contributed by atoms with Crippen LogP contribution in [0.5, 0.6) is 0 Å². The highest BCUT2D eigenvalue weighted by Crippen LogP contribution is 2.16. The molecule has 0 N–H and O–H groups in total. The highest BCUT2D eigenvalue weighted by atomic mass is 16.6. The molecule has 0 radical (unpaired) electrons. The molecular weight excluding hydrogens is 949 g/mol.